The monoisotopic (exact) mass is 724 g/mol. The van der Waals surface area contributed by atoms with Gasteiger partial charge < -0.3 is 9.13 Å². The molecule has 0 aliphatic heterocycles. The first kappa shape index (κ1) is 31.9. The van der Waals surface area contributed by atoms with E-state index in [0.29, 0.717) is 0 Å². The number of para-hydroxylation sites is 4. The SMILES string of the molecule is c1ccc(-c2ccc(C3(c4ccccc4)c4cc(-n5c6ccccc6c6ccccc65)ccc4-c4ccc(-n5c6ccccc6c6ccccc65)cc43)cc2)cc1. The van der Waals surface area contributed by atoms with Gasteiger partial charge in [-0.2, -0.15) is 0 Å². The van der Waals surface area contributed by atoms with Gasteiger partial charge in [-0.05, 0) is 93.0 Å². The van der Waals surface area contributed by atoms with Crippen LogP contribution in [-0.4, -0.2) is 9.13 Å². The van der Waals surface area contributed by atoms with Crippen molar-refractivity contribution < 1.29 is 0 Å². The van der Waals surface area contributed by atoms with Crippen molar-refractivity contribution in [2.45, 2.75) is 5.41 Å². The van der Waals surface area contributed by atoms with Crippen LogP contribution in [0.15, 0.2) is 218 Å². The number of fused-ring (bicyclic) bond motifs is 9. The predicted molar refractivity (Wildman–Crippen MR) is 238 cm³/mol. The van der Waals surface area contributed by atoms with Crippen LogP contribution in [0.3, 0.4) is 0 Å². The fraction of sp³-hybridized carbons (Fsp3) is 0.0182. The quantitative estimate of drug-likeness (QED) is 0.167. The third-order valence-corrected chi connectivity index (χ3v) is 12.4. The van der Waals surface area contributed by atoms with E-state index in [1.54, 1.807) is 0 Å². The summed E-state index contributed by atoms with van der Waals surface area (Å²) in [5.41, 5.74) is 16.6. The summed E-state index contributed by atoms with van der Waals surface area (Å²) < 4.78 is 4.90. The molecule has 2 heteroatoms. The Morgan fingerprint density at radius 1 is 0.281 bits per heavy atom. The van der Waals surface area contributed by atoms with Gasteiger partial charge in [0.2, 0.25) is 0 Å². The lowest BCUT2D eigenvalue weighted by molar-refractivity contribution is 0.766. The van der Waals surface area contributed by atoms with Gasteiger partial charge in [-0.1, -0.05) is 170 Å². The topological polar surface area (TPSA) is 9.86 Å². The summed E-state index contributed by atoms with van der Waals surface area (Å²) in [5.74, 6) is 0. The number of aromatic nitrogens is 2. The molecular formula is C55H36N2. The summed E-state index contributed by atoms with van der Waals surface area (Å²) in [6.07, 6.45) is 0. The van der Waals surface area contributed by atoms with E-state index < -0.39 is 5.41 Å². The van der Waals surface area contributed by atoms with Gasteiger partial charge >= 0.3 is 0 Å². The van der Waals surface area contributed by atoms with Gasteiger partial charge in [0.15, 0.2) is 0 Å². The van der Waals surface area contributed by atoms with Crippen molar-refractivity contribution in [2.24, 2.45) is 0 Å². The first-order valence-electron chi connectivity index (χ1n) is 19.8. The lowest BCUT2D eigenvalue weighted by atomic mass is 9.67. The molecular weight excluding hydrogens is 689 g/mol. The van der Waals surface area contributed by atoms with E-state index in [1.807, 2.05) is 0 Å². The molecule has 0 saturated carbocycles. The summed E-state index contributed by atoms with van der Waals surface area (Å²) in [4.78, 5) is 0. The van der Waals surface area contributed by atoms with E-state index in [2.05, 4.69) is 228 Å². The first-order valence-corrected chi connectivity index (χ1v) is 19.8. The fourth-order valence-corrected chi connectivity index (χ4v) is 10.00. The smallest absolute Gasteiger partial charge is 0.0715 e. The minimum Gasteiger partial charge on any atom is -0.309 e. The number of hydrogen-bond acceptors (Lipinski definition) is 0. The second kappa shape index (κ2) is 12.3. The maximum atomic E-state index is 2.48. The van der Waals surface area contributed by atoms with E-state index in [-0.39, 0.29) is 0 Å². The molecule has 2 heterocycles. The van der Waals surface area contributed by atoms with E-state index in [9.17, 15) is 0 Å². The van der Waals surface area contributed by atoms with E-state index in [0.717, 1.165) is 11.4 Å². The molecule has 1 aliphatic carbocycles. The Morgan fingerprint density at radius 3 is 1.07 bits per heavy atom. The Balaban J connectivity index is 1.18. The second-order valence-corrected chi connectivity index (χ2v) is 15.3. The molecule has 9 aromatic carbocycles. The van der Waals surface area contributed by atoms with Crippen molar-refractivity contribution in [3.05, 3.63) is 241 Å². The standard InChI is InChI=1S/C55H36N2/c1-3-15-37(16-4-1)38-27-29-40(30-28-38)55(39-17-5-2-6-18-39)49-35-41(56-51-23-11-7-19-45(51)46-20-8-12-24-52(46)56)31-33-43(49)44-34-32-42(36-50(44)55)57-53-25-13-9-21-47(53)48-22-10-14-26-54(48)57/h1-36H. The molecule has 266 valence electrons. The Labute approximate surface area is 331 Å². The van der Waals surface area contributed by atoms with E-state index >= 15 is 0 Å². The van der Waals surface area contributed by atoms with E-state index in [1.165, 1.54) is 88.1 Å². The summed E-state index contributed by atoms with van der Waals surface area (Å²) >= 11 is 0. The van der Waals surface area contributed by atoms with Gasteiger partial charge in [0, 0.05) is 32.9 Å². The van der Waals surface area contributed by atoms with Crippen LogP contribution >= 0.6 is 0 Å². The third-order valence-electron chi connectivity index (χ3n) is 12.4. The zero-order chi connectivity index (χ0) is 37.5. The third kappa shape index (κ3) is 4.53. The molecule has 0 N–H and O–H groups in total. The molecule has 2 aromatic heterocycles. The van der Waals surface area contributed by atoms with Gasteiger partial charge in [0.1, 0.15) is 0 Å². The van der Waals surface area contributed by atoms with Crippen LogP contribution in [0.4, 0.5) is 0 Å². The summed E-state index contributed by atoms with van der Waals surface area (Å²) in [7, 11) is 0. The highest BCUT2D eigenvalue weighted by Gasteiger charge is 2.46. The molecule has 1 aliphatic rings. The molecule has 2 nitrogen and oxygen atoms in total. The van der Waals surface area contributed by atoms with Crippen LogP contribution in [0.5, 0.6) is 0 Å². The zero-order valence-corrected chi connectivity index (χ0v) is 31.2. The maximum Gasteiger partial charge on any atom is 0.0715 e. The van der Waals surface area contributed by atoms with Crippen LogP contribution in [0, 0.1) is 0 Å². The van der Waals surface area contributed by atoms with Crippen LogP contribution in [0.2, 0.25) is 0 Å². The van der Waals surface area contributed by atoms with Gasteiger partial charge in [-0.3, -0.25) is 0 Å². The van der Waals surface area contributed by atoms with Gasteiger partial charge in [0.25, 0.3) is 0 Å². The number of nitrogens with zero attached hydrogens (tertiary/aromatic N) is 2. The lowest BCUT2D eigenvalue weighted by Gasteiger charge is -2.34. The van der Waals surface area contributed by atoms with Crippen molar-refractivity contribution in [1.29, 1.82) is 0 Å². The number of hydrogen-bond donors (Lipinski definition) is 0. The highest BCUT2D eigenvalue weighted by molar-refractivity contribution is 6.10. The van der Waals surface area contributed by atoms with E-state index in [4.69, 9.17) is 0 Å². The molecule has 57 heavy (non-hydrogen) atoms. The Morgan fingerprint density at radius 2 is 0.632 bits per heavy atom. The van der Waals surface area contributed by atoms with Crippen molar-refractivity contribution in [2.75, 3.05) is 0 Å². The molecule has 0 amide bonds. The average molecular weight is 725 g/mol. The van der Waals surface area contributed by atoms with Crippen molar-refractivity contribution >= 4 is 43.6 Å². The van der Waals surface area contributed by atoms with Crippen molar-refractivity contribution in [1.82, 2.24) is 9.13 Å². The van der Waals surface area contributed by atoms with Gasteiger partial charge in [0.05, 0.1) is 27.5 Å². The predicted octanol–water partition coefficient (Wildman–Crippen LogP) is 13.9. The highest BCUT2D eigenvalue weighted by Crippen LogP contribution is 2.57. The Hall–Kier alpha value is -7.42. The van der Waals surface area contributed by atoms with Crippen LogP contribution in [0.25, 0.3) is 77.2 Å². The van der Waals surface area contributed by atoms with Crippen molar-refractivity contribution in [3.8, 4) is 33.6 Å². The molecule has 0 bridgehead atoms. The van der Waals surface area contributed by atoms with Crippen LogP contribution in [-0.2, 0) is 5.41 Å². The Bertz CT molecular complexity index is 3060. The molecule has 0 atom stereocenters. The van der Waals surface area contributed by atoms with Crippen LogP contribution < -0.4 is 0 Å². The number of benzene rings is 9. The van der Waals surface area contributed by atoms with Gasteiger partial charge in [-0.25, -0.2) is 0 Å². The van der Waals surface area contributed by atoms with Crippen molar-refractivity contribution in [3.63, 3.8) is 0 Å². The molecule has 0 radical (unpaired) electrons. The largest absolute Gasteiger partial charge is 0.309 e. The first-order chi connectivity index (χ1) is 28.3. The minimum absolute atomic E-state index is 0.606. The minimum atomic E-state index is -0.606. The zero-order valence-electron chi connectivity index (χ0n) is 31.2. The van der Waals surface area contributed by atoms with Gasteiger partial charge in [-0.15, -0.1) is 0 Å². The molecule has 0 spiro atoms. The summed E-state index contributed by atoms with van der Waals surface area (Å²) in [6.45, 7) is 0. The molecule has 0 saturated heterocycles. The molecule has 12 rings (SSSR count). The molecule has 0 fully saturated rings. The highest BCUT2D eigenvalue weighted by atomic mass is 15.0. The normalized spacial score (nSPS) is 13.1. The maximum absolute atomic E-state index is 2.48. The fourth-order valence-electron chi connectivity index (χ4n) is 10.00. The average Bonchev–Trinajstić information content (AvgIpc) is 3.91. The Kier molecular flexibility index (Phi) is 6.88. The molecule has 0 unspecified atom stereocenters. The lowest BCUT2D eigenvalue weighted by Crippen LogP contribution is -2.29. The van der Waals surface area contributed by atoms with Crippen LogP contribution in [0.1, 0.15) is 22.3 Å². The summed E-state index contributed by atoms with van der Waals surface area (Å²) in [6, 6.07) is 80.7. The number of rotatable bonds is 5. The molecule has 11 aromatic rings. The second-order valence-electron chi connectivity index (χ2n) is 15.3. The summed E-state index contributed by atoms with van der Waals surface area (Å²) in [5, 5.41) is 5.05.